The van der Waals surface area contributed by atoms with Gasteiger partial charge in [0.1, 0.15) is 0 Å². The zero-order valence-corrected chi connectivity index (χ0v) is 17.6. The standard InChI is InChI=1S/C21H28N2O4S/c1-15(2)27-14-18-6-5-7-19(13-18)23-21(24)10-11-22-28(25,26)20-9-8-16(3)12-17(20)4/h5-9,12-13,15,22H,10-11,14H2,1-4H3,(H,23,24). The molecule has 28 heavy (non-hydrogen) atoms. The Morgan fingerprint density at radius 3 is 2.54 bits per heavy atom. The highest BCUT2D eigenvalue weighted by molar-refractivity contribution is 7.89. The van der Waals surface area contributed by atoms with Crippen LogP contribution >= 0.6 is 0 Å². The summed E-state index contributed by atoms with van der Waals surface area (Å²) in [6.45, 7) is 8.08. The Labute approximate surface area is 167 Å². The van der Waals surface area contributed by atoms with E-state index in [9.17, 15) is 13.2 Å². The van der Waals surface area contributed by atoms with E-state index in [1.54, 1.807) is 25.1 Å². The van der Waals surface area contributed by atoms with Gasteiger partial charge in [0, 0.05) is 18.7 Å². The molecule has 2 aromatic rings. The second-order valence-electron chi connectivity index (χ2n) is 7.03. The molecule has 0 fully saturated rings. The predicted molar refractivity (Wildman–Crippen MR) is 111 cm³/mol. The molecule has 0 aromatic heterocycles. The molecule has 0 saturated heterocycles. The van der Waals surface area contributed by atoms with Crippen molar-refractivity contribution in [1.82, 2.24) is 4.72 Å². The maximum absolute atomic E-state index is 12.4. The van der Waals surface area contributed by atoms with Crippen LogP contribution < -0.4 is 10.0 Å². The number of hydrogen-bond donors (Lipinski definition) is 2. The van der Waals surface area contributed by atoms with E-state index in [0.717, 1.165) is 11.1 Å². The summed E-state index contributed by atoms with van der Waals surface area (Å²) in [7, 11) is -3.65. The summed E-state index contributed by atoms with van der Waals surface area (Å²) in [4.78, 5) is 12.4. The molecule has 7 heteroatoms. The molecular formula is C21H28N2O4S. The summed E-state index contributed by atoms with van der Waals surface area (Å²) in [5.74, 6) is -0.259. The third kappa shape index (κ3) is 6.74. The van der Waals surface area contributed by atoms with Crippen molar-refractivity contribution in [1.29, 1.82) is 0 Å². The van der Waals surface area contributed by atoms with E-state index < -0.39 is 10.0 Å². The Morgan fingerprint density at radius 1 is 1.11 bits per heavy atom. The lowest BCUT2D eigenvalue weighted by atomic mass is 10.2. The van der Waals surface area contributed by atoms with Gasteiger partial charge in [-0.3, -0.25) is 4.79 Å². The number of carbonyl (C=O) groups is 1. The first-order chi connectivity index (χ1) is 13.2. The van der Waals surface area contributed by atoms with E-state index in [-0.39, 0.29) is 29.9 Å². The van der Waals surface area contributed by atoms with Crippen molar-refractivity contribution in [2.75, 3.05) is 11.9 Å². The van der Waals surface area contributed by atoms with Gasteiger partial charge in [0.2, 0.25) is 15.9 Å². The third-order valence-electron chi connectivity index (χ3n) is 4.06. The number of ether oxygens (including phenoxy) is 1. The van der Waals surface area contributed by atoms with Crippen LogP contribution in [-0.2, 0) is 26.2 Å². The molecule has 0 unspecified atom stereocenters. The molecule has 1 amide bonds. The maximum Gasteiger partial charge on any atom is 0.240 e. The van der Waals surface area contributed by atoms with Gasteiger partial charge in [0.15, 0.2) is 0 Å². The molecule has 2 N–H and O–H groups in total. The molecule has 0 aliphatic heterocycles. The summed E-state index contributed by atoms with van der Waals surface area (Å²) in [6, 6.07) is 12.6. The quantitative estimate of drug-likeness (QED) is 0.670. The Balaban J connectivity index is 1.88. The van der Waals surface area contributed by atoms with Crippen LogP contribution in [0.4, 0.5) is 5.69 Å². The minimum Gasteiger partial charge on any atom is -0.374 e. The fourth-order valence-corrected chi connectivity index (χ4v) is 3.96. The lowest BCUT2D eigenvalue weighted by molar-refractivity contribution is -0.116. The summed E-state index contributed by atoms with van der Waals surface area (Å²) in [6.07, 6.45) is 0.167. The molecule has 0 radical (unpaired) electrons. The predicted octanol–water partition coefficient (Wildman–Crippen LogP) is 3.54. The number of amides is 1. The van der Waals surface area contributed by atoms with Gasteiger partial charge in [-0.2, -0.15) is 0 Å². The number of carbonyl (C=O) groups excluding carboxylic acids is 1. The van der Waals surface area contributed by atoms with Gasteiger partial charge in [0.25, 0.3) is 0 Å². The maximum atomic E-state index is 12.4. The minimum atomic E-state index is -3.65. The van der Waals surface area contributed by atoms with Crippen molar-refractivity contribution < 1.29 is 17.9 Å². The molecule has 0 bridgehead atoms. The number of aryl methyl sites for hydroxylation is 2. The molecular weight excluding hydrogens is 376 g/mol. The van der Waals surface area contributed by atoms with E-state index in [1.165, 1.54) is 0 Å². The zero-order chi connectivity index (χ0) is 20.7. The molecule has 152 valence electrons. The number of anilines is 1. The monoisotopic (exact) mass is 404 g/mol. The van der Waals surface area contributed by atoms with Crippen molar-refractivity contribution in [3.63, 3.8) is 0 Å². The SMILES string of the molecule is Cc1ccc(S(=O)(=O)NCCC(=O)Nc2cccc(COC(C)C)c2)c(C)c1. The first-order valence-electron chi connectivity index (χ1n) is 9.24. The lowest BCUT2D eigenvalue weighted by Gasteiger charge is -2.11. The van der Waals surface area contributed by atoms with Gasteiger partial charge in [-0.05, 0) is 57.0 Å². The summed E-state index contributed by atoms with van der Waals surface area (Å²) < 4.78 is 32.9. The van der Waals surface area contributed by atoms with Crippen LogP contribution in [0.1, 0.15) is 37.0 Å². The van der Waals surface area contributed by atoms with E-state index in [1.807, 2.05) is 45.0 Å². The number of nitrogens with one attached hydrogen (secondary N) is 2. The Morgan fingerprint density at radius 2 is 1.86 bits per heavy atom. The number of hydrogen-bond acceptors (Lipinski definition) is 4. The second kappa shape index (κ2) is 9.82. The summed E-state index contributed by atoms with van der Waals surface area (Å²) >= 11 is 0. The van der Waals surface area contributed by atoms with E-state index in [4.69, 9.17) is 4.74 Å². The van der Waals surface area contributed by atoms with Crippen molar-refractivity contribution in [2.24, 2.45) is 0 Å². The highest BCUT2D eigenvalue weighted by Crippen LogP contribution is 2.16. The fourth-order valence-electron chi connectivity index (χ4n) is 2.70. The Hall–Kier alpha value is -2.22. The van der Waals surface area contributed by atoms with Gasteiger partial charge in [-0.1, -0.05) is 29.8 Å². The normalized spacial score (nSPS) is 11.6. The van der Waals surface area contributed by atoms with Crippen LogP contribution in [0.15, 0.2) is 47.4 Å². The van der Waals surface area contributed by atoms with E-state index in [2.05, 4.69) is 10.0 Å². The Kier molecular flexibility index (Phi) is 7.74. The van der Waals surface area contributed by atoms with Crippen molar-refractivity contribution in [3.8, 4) is 0 Å². The van der Waals surface area contributed by atoms with E-state index >= 15 is 0 Å². The van der Waals surface area contributed by atoms with Crippen molar-refractivity contribution in [3.05, 3.63) is 59.2 Å². The molecule has 0 heterocycles. The van der Waals surface area contributed by atoms with E-state index in [0.29, 0.717) is 17.9 Å². The molecule has 0 saturated carbocycles. The molecule has 0 aliphatic rings. The fraction of sp³-hybridized carbons (Fsp3) is 0.381. The zero-order valence-electron chi connectivity index (χ0n) is 16.8. The molecule has 2 rings (SSSR count). The lowest BCUT2D eigenvalue weighted by Crippen LogP contribution is -2.28. The van der Waals surface area contributed by atoms with Gasteiger partial charge in [-0.25, -0.2) is 13.1 Å². The van der Waals surface area contributed by atoms with Gasteiger partial charge in [-0.15, -0.1) is 0 Å². The van der Waals surface area contributed by atoms with Crippen LogP contribution in [-0.4, -0.2) is 27.0 Å². The average molecular weight is 405 g/mol. The van der Waals surface area contributed by atoms with Gasteiger partial charge < -0.3 is 10.1 Å². The van der Waals surface area contributed by atoms with Gasteiger partial charge in [0.05, 0.1) is 17.6 Å². The largest absolute Gasteiger partial charge is 0.374 e. The summed E-state index contributed by atoms with van der Waals surface area (Å²) in [5, 5.41) is 2.79. The van der Waals surface area contributed by atoms with Crippen LogP contribution in [0.25, 0.3) is 0 Å². The highest BCUT2D eigenvalue weighted by atomic mass is 32.2. The number of rotatable bonds is 9. The van der Waals surface area contributed by atoms with Crippen molar-refractivity contribution >= 4 is 21.6 Å². The molecule has 0 atom stereocenters. The Bertz CT molecular complexity index is 924. The topological polar surface area (TPSA) is 84.5 Å². The van der Waals surface area contributed by atoms with Crippen molar-refractivity contribution in [2.45, 2.75) is 51.7 Å². The first kappa shape index (κ1) is 22.1. The number of sulfonamides is 1. The average Bonchev–Trinajstić information content (AvgIpc) is 2.59. The highest BCUT2D eigenvalue weighted by Gasteiger charge is 2.16. The van der Waals surface area contributed by atoms with Crippen LogP contribution in [0.3, 0.4) is 0 Å². The number of benzene rings is 2. The molecule has 0 spiro atoms. The minimum absolute atomic E-state index is 0.0254. The molecule has 0 aliphatic carbocycles. The smallest absolute Gasteiger partial charge is 0.240 e. The summed E-state index contributed by atoms with van der Waals surface area (Å²) in [5.41, 5.74) is 3.29. The van der Waals surface area contributed by atoms with Crippen LogP contribution in [0.2, 0.25) is 0 Å². The third-order valence-corrected chi connectivity index (χ3v) is 5.68. The molecule has 2 aromatic carbocycles. The molecule has 6 nitrogen and oxygen atoms in total. The second-order valence-corrected chi connectivity index (χ2v) is 8.76. The van der Waals surface area contributed by atoms with Gasteiger partial charge >= 0.3 is 0 Å². The first-order valence-corrected chi connectivity index (χ1v) is 10.7. The van der Waals surface area contributed by atoms with Crippen LogP contribution in [0.5, 0.6) is 0 Å². The van der Waals surface area contributed by atoms with Crippen LogP contribution in [0, 0.1) is 13.8 Å².